The van der Waals surface area contributed by atoms with Crippen LogP contribution < -0.4 is 9.80 Å². The lowest BCUT2D eigenvalue weighted by atomic mass is 9.78. The highest BCUT2D eigenvalue weighted by Gasteiger charge is 2.31. The Morgan fingerprint density at radius 2 is 0.669 bits per heavy atom. The van der Waals surface area contributed by atoms with Gasteiger partial charge in [-0.3, -0.25) is 0 Å². The molecule has 0 aliphatic heterocycles. The lowest BCUT2D eigenvalue weighted by molar-refractivity contribution is 0.693. The van der Waals surface area contributed by atoms with E-state index in [2.05, 4.69) is 492 Å². The van der Waals surface area contributed by atoms with Crippen LogP contribution in [0, 0.1) is 5.92 Å². The summed E-state index contributed by atoms with van der Waals surface area (Å²) in [6.07, 6.45) is 13.8. The summed E-state index contributed by atoms with van der Waals surface area (Å²) in [6.45, 7) is 0. The highest BCUT2D eigenvalue weighted by molar-refractivity contribution is 6.15. The predicted molar refractivity (Wildman–Crippen MR) is 526 cm³/mol. The van der Waals surface area contributed by atoms with Crippen LogP contribution in [0.5, 0.6) is 0 Å². The van der Waals surface area contributed by atoms with Gasteiger partial charge in [0.1, 0.15) is 0 Å². The summed E-state index contributed by atoms with van der Waals surface area (Å²) >= 11 is 0. The van der Waals surface area contributed by atoms with Gasteiger partial charge in [0.2, 0.25) is 0 Å². The Morgan fingerprint density at radius 3 is 1.37 bits per heavy atom. The zero-order chi connectivity index (χ0) is 81.7. The van der Waals surface area contributed by atoms with E-state index in [9.17, 15) is 0 Å². The first-order chi connectivity index (χ1) is 61.5. The first kappa shape index (κ1) is 71.9. The molecule has 2 aliphatic rings. The number of fused-ring (bicyclic) bond motifs is 13. The highest BCUT2D eigenvalue weighted by Crippen LogP contribution is 2.51. The number of para-hydroxylation sites is 3. The summed E-state index contributed by atoms with van der Waals surface area (Å²) in [5.74, 6) is 0.644. The smallest absolute Gasteiger partial charge is 0.0547 e. The molecular formula is C120H80N4. The molecule has 4 heteroatoms. The molecule has 20 aromatic carbocycles. The molecule has 2 atom stereocenters. The number of allylic oxidation sites excluding steroid dienone is 5. The van der Waals surface area contributed by atoms with Gasteiger partial charge in [-0.05, 0) is 254 Å². The molecule has 580 valence electrons. The van der Waals surface area contributed by atoms with Crippen molar-refractivity contribution in [1.29, 1.82) is 0 Å². The average molecular weight is 1580 g/mol. The minimum atomic E-state index is 0.296. The molecule has 0 N–H and O–H groups in total. The van der Waals surface area contributed by atoms with Crippen LogP contribution in [0.4, 0.5) is 34.1 Å². The number of nitrogens with zero attached hydrogens (tertiary/aromatic N) is 4. The maximum absolute atomic E-state index is 2.47. The van der Waals surface area contributed by atoms with Gasteiger partial charge in [0.05, 0.1) is 39.3 Å². The number of benzene rings is 20. The predicted octanol–water partition coefficient (Wildman–Crippen LogP) is 33.0. The van der Waals surface area contributed by atoms with E-state index in [-0.39, 0.29) is 0 Å². The van der Waals surface area contributed by atoms with Crippen molar-refractivity contribution in [3.05, 3.63) is 478 Å². The monoisotopic (exact) mass is 1580 g/mol. The Kier molecular flexibility index (Phi) is 17.4. The number of hydrogen-bond donors (Lipinski definition) is 0. The lowest BCUT2D eigenvalue weighted by Gasteiger charge is -2.29. The molecule has 0 fully saturated rings. The standard InChI is InChI=1S/C120H80N4/c1-3-24-79(25-4-1)88-33-21-36-99(73-88)121(97-60-54-82(55-61-97)89-34-22-37-100(74-89)123-115-47-20-17-44-110(115)120-105-40-12-11-30-85(105)59-67-118(120)123)116-68-66-103(95-53-49-81-27-8-10-32-87(81)71-95)111-76-92(58-64-109(111)116)91-50-51-93-77-112-108-43-16-19-46-114(108)124(119(112)78-96(93)72-91)101-38-23-35-90(75-101)83-56-62-98(63-57-83)122(113-45-18-15-39-104(113)84-28-5-2-6-29-84)117-69-65-102(106-41-13-14-42-107(106)117)94-52-48-80-26-7-9-31-86(80)70-94/h1-78,85,105H. The SMILES string of the molecule is C1=CC2C=Cc3c(c4ccccc4n3-c3cccc(-c4ccc(N(c5cccc(-c6ccccc6)c5)c5ccc(-c6ccc7ccccc7c6)c6cc(-c7ccc8cc9c%10ccccc%10n(-c%10cccc(-c%11ccc(N(c%12ccccc%12-c%12ccccc%12)c%12ccc(-c%13ccc%14ccccc%14c%13)c%13ccccc%12%13)cc%11)c%10)c9cc8c7)ccc56)cc4)c3)C2C=C1. The van der Waals surface area contributed by atoms with Crippen molar-refractivity contribution in [2.75, 3.05) is 9.80 Å². The fourth-order valence-corrected chi connectivity index (χ4v) is 20.0. The third kappa shape index (κ3) is 12.4. The van der Waals surface area contributed by atoms with Gasteiger partial charge < -0.3 is 18.9 Å². The second-order valence-electron chi connectivity index (χ2n) is 33.0. The van der Waals surface area contributed by atoms with Gasteiger partial charge in [-0.25, -0.2) is 0 Å². The molecule has 2 unspecified atom stereocenters. The second kappa shape index (κ2) is 30.0. The maximum atomic E-state index is 2.47. The number of aromatic nitrogens is 2. The van der Waals surface area contributed by atoms with Gasteiger partial charge in [-0.1, -0.05) is 340 Å². The third-order valence-electron chi connectivity index (χ3n) is 26.0. The minimum absolute atomic E-state index is 0.296. The van der Waals surface area contributed by atoms with Crippen molar-refractivity contribution in [3.8, 4) is 89.3 Å². The first-order valence-electron chi connectivity index (χ1n) is 43.0. The number of anilines is 6. The molecule has 4 nitrogen and oxygen atoms in total. The van der Waals surface area contributed by atoms with Crippen molar-refractivity contribution in [2.24, 2.45) is 5.92 Å². The molecule has 0 radical (unpaired) electrons. The van der Waals surface area contributed by atoms with Crippen LogP contribution in [-0.4, -0.2) is 9.13 Å². The van der Waals surface area contributed by atoms with E-state index < -0.39 is 0 Å². The van der Waals surface area contributed by atoms with E-state index in [0.29, 0.717) is 11.8 Å². The molecule has 0 saturated carbocycles. The summed E-state index contributed by atoms with van der Waals surface area (Å²) in [4.78, 5) is 4.93. The van der Waals surface area contributed by atoms with E-state index in [1.165, 1.54) is 104 Å². The molecule has 0 bridgehead atoms. The molecule has 0 saturated heterocycles. The molecular weight excluding hydrogens is 1500 g/mol. The fourth-order valence-electron chi connectivity index (χ4n) is 20.0. The van der Waals surface area contributed by atoms with Gasteiger partial charge in [0.15, 0.2) is 0 Å². The molecule has 2 aromatic heterocycles. The Hall–Kier alpha value is -16.1. The summed E-state index contributed by atoms with van der Waals surface area (Å²) in [5.41, 5.74) is 31.1. The molecule has 0 spiro atoms. The maximum Gasteiger partial charge on any atom is 0.0547 e. The van der Waals surface area contributed by atoms with Crippen LogP contribution in [0.1, 0.15) is 17.2 Å². The molecule has 124 heavy (non-hydrogen) atoms. The van der Waals surface area contributed by atoms with Gasteiger partial charge in [-0.2, -0.15) is 0 Å². The van der Waals surface area contributed by atoms with E-state index >= 15 is 0 Å². The lowest BCUT2D eigenvalue weighted by Crippen LogP contribution is -2.13. The first-order valence-corrected chi connectivity index (χ1v) is 43.0. The molecule has 24 rings (SSSR count). The Morgan fingerprint density at radius 1 is 0.202 bits per heavy atom. The van der Waals surface area contributed by atoms with Gasteiger partial charge in [0.25, 0.3) is 0 Å². The van der Waals surface area contributed by atoms with Crippen molar-refractivity contribution < 1.29 is 0 Å². The van der Waals surface area contributed by atoms with E-state index in [0.717, 1.165) is 117 Å². The Balaban J connectivity index is 0.605. The van der Waals surface area contributed by atoms with Crippen LogP contribution in [0.3, 0.4) is 0 Å². The normalized spacial score (nSPS) is 13.5. The highest BCUT2D eigenvalue weighted by atomic mass is 15.2. The zero-order valence-electron chi connectivity index (χ0n) is 68.0. The van der Waals surface area contributed by atoms with Gasteiger partial charge >= 0.3 is 0 Å². The van der Waals surface area contributed by atoms with E-state index in [1.54, 1.807) is 0 Å². The van der Waals surface area contributed by atoms with Crippen LogP contribution in [0.2, 0.25) is 0 Å². The Labute approximate surface area is 720 Å². The molecule has 2 heterocycles. The average Bonchev–Trinajstić information content (AvgIpc) is 1.24. The quantitative estimate of drug-likeness (QED) is 0.102. The molecule has 2 aliphatic carbocycles. The summed E-state index contributed by atoms with van der Waals surface area (Å²) in [5, 5.41) is 15.7. The Bertz CT molecular complexity index is 8120. The molecule has 22 aromatic rings. The van der Waals surface area contributed by atoms with Crippen molar-refractivity contribution in [2.45, 2.75) is 5.92 Å². The van der Waals surface area contributed by atoms with Crippen LogP contribution >= 0.6 is 0 Å². The summed E-state index contributed by atoms with van der Waals surface area (Å²) < 4.78 is 4.94. The van der Waals surface area contributed by atoms with Crippen molar-refractivity contribution >= 4 is 127 Å². The van der Waals surface area contributed by atoms with Gasteiger partial charge in [0, 0.05) is 72.8 Å². The van der Waals surface area contributed by atoms with Crippen molar-refractivity contribution in [1.82, 2.24) is 9.13 Å². The largest absolute Gasteiger partial charge is 0.310 e. The topological polar surface area (TPSA) is 16.3 Å². The summed E-state index contributed by atoms with van der Waals surface area (Å²) in [6, 6.07) is 162. The second-order valence-corrected chi connectivity index (χ2v) is 33.0. The van der Waals surface area contributed by atoms with Gasteiger partial charge in [-0.15, -0.1) is 0 Å². The third-order valence-corrected chi connectivity index (χ3v) is 26.0. The number of rotatable bonds is 15. The minimum Gasteiger partial charge on any atom is -0.310 e. The van der Waals surface area contributed by atoms with E-state index in [4.69, 9.17) is 0 Å². The number of hydrogen-bond acceptors (Lipinski definition) is 2. The van der Waals surface area contributed by atoms with Crippen LogP contribution in [0.15, 0.2) is 467 Å². The van der Waals surface area contributed by atoms with Crippen LogP contribution in [0.25, 0.3) is 182 Å². The van der Waals surface area contributed by atoms with E-state index in [1.807, 2.05) is 0 Å². The van der Waals surface area contributed by atoms with Crippen molar-refractivity contribution in [3.63, 3.8) is 0 Å². The fraction of sp³-hybridized carbons (Fsp3) is 0.0167. The summed E-state index contributed by atoms with van der Waals surface area (Å²) in [7, 11) is 0. The van der Waals surface area contributed by atoms with Crippen LogP contribution in [-0.2, 0) is 0 Å². The zero-order valence-corrected chi connectivity index (χ0v) is 68.0. The molecule has 0 amide bonds.